The molecular formula is C25H23NO4. The third-order valence-electron chi connectivity index (χ3n) is 5.53. The number of anilines is 1. The van der Waals surface area contributed by atoms with Gasteiger partial charge in [-0.25, -0.2) is 4.79 Å². The number of nitrogens with zero attached hydrogens (tertiary/aromatic N) is 1. The van der Waals surface area contributed by atoms with Gasteiger partial charge in [0.2, 0.25) is 0 Å². The highest BCUT2D eigenvalue weighted by Crippen LogP contribution is 2.45. The topological polar surface area (TPSA) is 66.8 Å². The molecule has 1 N–H and O–H groups in total. The minimum Gasteiger partial charge on any atom is -0.478 e. The minimum absolute atomic E-state index is 0.228. The Morgan fingerprint density at radius 1 is 1.13 bits per heavy atom. The molecule has 30 heavy (non-hydrogen) atoms. The van der Waals surface area contributed by atoms with Crippen molar-refractivity contribution in [1.82, 2.24) is 0 Å². The molecule has 1 aliphatic heterocycles. The molecule has 0 bridgehead atoms. The van der Waals surface area contributed by atoms with Crippen molar-refractivity contribution in [2.45, 2.75) is 13.8 Å². The number of carboxylic acid groups (broad SMARTS) is 1. The number of ether oxygens (including phenoxy) is 1. The van der Waals surface area contributed by atoms with Crippen LogP contribution in [0.4, 0.5) is 5.69 Å². The van der Waals surface area contributed by atoms with Crippen LogP contribution >= 0.6 is 0 Å². The second kappa shape index (κ2) is 8.03. The van der Waals surface area contributed by atoms with E-state index in [2.05, 4.69) is 18.7 Å². The van der Waals surface area contributed by atoms with Crippen LogP contribution in [-0.2, 0) is 4.79 Å². The Bertz CT molecular complexity index is 1110. The second-order valence-corrected chi connectivity index (χ2v) is 7.20. The van der Waals surface area contributed by atoms with Gasteiger partial charge in [0.05, 0.1) is 11.5 Å². The fraction of sp³-hybridized carbons (Fsp3) is 0.200. The number of benzene rings is 2. The number of carbonyl (C=O) groups excluding carboxylic acids is 1. The minimum atomic E-state index is -0.984. The van der Waals surface area contributed by atoms with Gasteiger partial charge in [0.1, 0.15) is 17.8 Å². The van der Waals surface area contributed by atoms with Crippen LogP contribution in [0, 0.1) is 5.92 Å². The number of rotatable bonds is 6. The van der Waals surface area contributed by atoms with E-state index in [0.717, 1.165) is 41.8 Å². The zero-order valence-corrected chi connectivity index (χ0v) is 17.0. The van der Waals surface area contributed by atoms with Gasteiger partial charge in [0, 0.05) is 41.6 Å². The first-order valence-corrected chi connectivity index (χ1v) is 10.1. The molecule has 5 heteroatoms. The third-order valence-corrected chi connectivity index (χ3v) is 5.53. The van der Waals surface area contributed by atoms with Gasteiger partial charge >= 0.3 is 5.97 Å². The molecule has 0 spiro atoms. The molecule has 0 amide bonds. The summed E-state index contributed by atoms with van der Waals surface area (Å²) in [5.41, 5.74) is 4.30. The van der Waals surface area contributed by atoms with E-state index < -0.39 is 5.97 Å². The summed E-state index contributed by atoms with van der Waals surface area (Å²) in [6, 6.07) is 13.0. The number of hydrogen-bond donors (Lipinski definition) is 1. The van der Waals surface area contributed by atoms with E-state index in [0.29, 0.717) is 17.1 Å². The largest absolute Gasteiger partial charge is 0.478 e. The standard InChI is InChI=1S/C25H23NO4/c1-3-26(4-2)17-10-12-21-23(14-17)30-22-13-16(15-27)9-11-20(22)24(21)18-7-5-6-8-19(18)25(28)29/h5-16H,3-4H2,1-2H3,(H,28,29). The van der Waals surface area contributed by atoms with E-state index >= 15 is 0 Å². The van der Waals surface area contributed by atoms with Gasteiger partial charge in [0.25, 0.3) is 0 Å². The molecule has 0 saturated carbocycles. The number of fused-ring (bicyclic) bond motifs is 2. The molecule has 5 nitrogen and oxygen atoms in total. The van der Waals surface area contributed by atoms with Gasteiger partial charge in [0.15, 0.2) is 0 Å². The first-order valence-electron chi connectivity index (χ1n) is 10.1. The van der Waals surface area contributed by atoms with E-state index in [1.165, 1.54) is 0 Å². The Labute approximate surface area is 175 Å². The summed E-state index contributed by atoms with van der Waals surface area (Å²) in [5, 5.41) is 9.76. The Balaban J connectivity index is 1.97. The van der Waals surface area contributed by atoms with Crippen LogP contribution in [0.15, 0.2) is 72.0 Å². The number of aromatic carboxylic acids is 1. The molecule has 0 saturated heterocycles. The van der Waals surface area contributed by atoms with Crippen molar-refractivity contribution in [2.24, 2.45) is 5.92 Å². The van der Waals surface area contributed by atoms with Crippen LogP contribution in [0.1, 0.15) is 35.3 Å². The Morgan fingerprint density at radius 2 is 1.90 bits per heavy atom. The van der Waals surface area contributed by atoms with Gasteiger partial charge < -0.3 is 19.5 Å². The maximum atomic E-state index is 11.9. The van der Waals surface area contributed by atoms with Crippen molar-refractivity contribution in [3.63, 3.8) is 0 Å². The molecule has 2 aromatic carbocycles. The highest BCUT2D eigenvalue weighted by Gasteiger charge is 2.29. The average molecular weight is 401 g/mol. The lowest BCUT2D eigenvalue weighted by atomic mass is 9.84. The SMILES string of the molecule is CCN(CC)c1ccc2c(c1)OC1=CC(C=O)C=CC1=C2c1ccccc1C(=O)O. The smallest absolute Gasteiger partial charge is 0.336 e. The Kier molecular flexibility index (Phi) is 5.27. The maximum Gasteiger partial charge on any atom is 0.336 e. The number of carbonyl (C=O) groups is 2. The van der Waals surface area contributed by atoms with Crippen LogP contribution in [-0.4, -0.2) is 30.5 Å². The summed E-state index contributed by atoms with van der Waals surface area (Å²) in [6.07, 6.45) is 6.28. The monoisotopic (exact) mass is 401 g/mol. The van der Waals surface area contributed by atoms with Crippen molar-refractivity contribution in [2.75, 3.05) is 18.0 Å². The van der Waals surface area contributed by atoms with E-state index in [1.54, 1.807) is 24.3 Å². The normalized spacial score (nSPS) is 16.9. The molecular weight excluding hydrogens is 378 g/mol. The third kappa shape index (κ3) is 3.32. The van der Waals surface area contributed by atoms with Gasteiger partial charge in [-0.1, -0.05) is 30.4 Å². The van der Waals surface area contributed by atoms with Crippen LogP contribution in [0.5, 0.6) is 5.75 Å². The van der Waals surface area contributed by atoms with Crippen molar-refractivity contribution in [3.8, 4) is 5.75 Å². The molecule has 2 aromatic rings. The lowest BCUT2D eigenvalue weighted by Gasteiger charge is -2.30. The quantitative estimate of drug-likeness (QED) is 0.711. The zero-order chi connectivity index (χ0) is 21.3. The van der Waals surface area contributed by atoms with Crippen molar-refractivity contribution in [3.05, 3.63) is 88.7 Å². The lowest BCUT2D eigenvalue weighted by Crippen LogP contribution is -2.22. The molecule has 2 aliphatic rings. The molecule has 0 aromatic heterocycles. The molecule has 1 heterocycles. The highest BCUT2D eigenvalue weighted by atomic mass is 16.5. The second-order valence-electron chi connectivity index (χ2n) is 7.20. The van der Waals surface area contributed by atoms with E-state index in [9.17, 15) is 14.7 Å². The van der Waals surface area contributed by atoms with Crippen LogP contribution in [0.3, 0.4) is 0 Å². The number of allylic oxidation sites excluding steroid dienone is 3. The zero-order valence-electron chi connectivity index (χ0n) is 17.0. The number of aldehydes is 1. The molecule has 152 valence electrons. The lowest BCUT2D eigenvalue weighted by molar-refractivity contribution is -0.109. The van der Waals surface area contributed by atoms with Gasteiger partial charge in [-0.3, -0.25) is 0 Å². The highest BCUT2D eigenvalue weighted by molar-refractivity contribution is 6.00. The van der Waals surface area contributed by atoms with Gasteiger partial charge in [-0.05, 0) is 43.7 Å². The van der Waals surface area contributed by atoms with Crippen molar-refractivity contribution >= 4 is 23.5 Å². The van der Waals surface area contributed by atoms with Gasteiger partial charge in [-0.15, -0.1) is 0 Å². The van der Waals surface area contributed by atoms with Crippen molar-refractivity contribution in [1.29, 1.82) is 0 Å². The Morgan fingerprint density at radius 3 is 2.60 bits per heavy atom. The first kappa shape index (κ1) is 19.7. The summed E-state index contributed by atoms with van der Waals surface area (Å²) in [5.74, 6) is -0.117. The summed E-state index contributed by atoms with van der Waals surface area (Å²) in [4.78, 5) is 25.5. The van der Waals surface area contributed by atoms with Crippen LogP contribution in [0.2, 0.25) is 0 Å². The summed E-state index contributed by atoms with van der Waals surface area (Å²) < 4.78 is 6.22. The van der Waals surface area contributed by atoms with E-state index in [4.69, 9.17) is 4.74 Å². The van der Waals surface area contributed by atoms with Crippen LogP contribution in [0.25, 0.3) is 5.57 Å². The maximum absolute atomic E-state index is 11.9. The number of carboxylic acids is 1. The predicted octanol–water partition coefficient (Wildman–Crippen LogP) is 4.69. The van der Waals surface area contributed by atoms with E-state index in [-0.39, 0.29) is 11.5 Å². The van der Waals surface area contributed by atoms with Gasteiger partial charge in [-0.2, -0.15) is 0 Å². The van der Waals surface area contributed by atoms with Crippen molar-refractivity contribution < 1.29 is 19.4 Å². The number of hydrogen-bond acceptors (Lipinski definition) is 4. The molecule has 0 radical (unpaired) electrons. The predicted molar refractivity (Wildman–Crippen MR) is 117 cm³/mol. The molecule has 1 unspecified atom stereocenters. The summed E-state index contributed by atoms with van der Waals surface area (Å²) in [7, 11) is 0. The van der Waals surface area contributed by atoms with E-state index in [1.807, 2.05) is 36.4 Å². The molecule has 4 rings (SSSR count). The van der Waals surface area contributed by atoms with Crippen LogP contribution < -0.4 is 9.64 Å². The fourth-order valence-corrected chi connectivity index (χ4v) is 4.02. The summed E-state index contributed by atoms with van der Waals surface area (Å²) in [6.45, 7) is 5.92. The molecule has 1 atom stereocenters. The first-order chi connectivity index (χ1) is 14.6. The summed E-state index contributed by atoms with van der Waals surface area (Å²) >= 11 is 0. The fourth-order valence-electron chi connectivity index (χ4n) is 4.02. The molecule has 1 aliphatic carbocycles. The average Bonchev–Trinajstić information content (AvgIpc) is 2.77. The Hall–Kier alpha value is -3.60. The molecule has 0 fully saturated rings.